The highest BCUT2D eigenvalue weighted by atomic mass is 32.2. The lowest BCUT2D eigenvalue weighted by Gasteiger charge is -2.02. The molecule has 0 rings (SSSR count). The summed E-state index contributed by atoms with van der Waals surface area (Å²) in [5, 5.41) is 1.17. The van der Waals surface area contributed by atoms with Crippen LogP contribution in [0.15, 0.2) is 0 Å². The summed E-state index contributed by atoms with van der Waals surface area (Å²) in [6.07, 6.45) is 10.0. The van der Waals surface area contributed by atoms with Gasteiger partial charge < -0.3 is 4.74 Å². The number of ether oxygens (including phenoxy) is 1. The van der Waals surface area contributed by atoms with E-state index in [1.54, 1.807) is 0 Å². The number of hydrogen-bond acceptors (Lipinski definition) is 3. The number of carbonyl (C=O) groups excluding carboxylic acids is 1. The Morgan fingerprint density at radius 3 is 2.25 bits per heavy atom. The van der Waals surface area contributed by atoms with Gasteiger partial charge in [0.15, 0.2) is 0 Å². The molecule has 4 heteroatoms. The molecule has 0 saturated heterocycles. The smallest absolute Gasteiger partial charge is 0.338 e. The van der Waals surface area contributed by atoms with E-state index < -0.39 is 15.5 Å². The maximum absolute atomic E-state index is 11.2. The van der Waals surface area contributed by atoms with Crippen molar-refractivity contribution < 1.29 is 13.7 Å². The van der Waals surface area contributed by atoms with Crippen LogP contribution in [0.25, 0.3) is 0 Å². The van der Waals surface area contributed by atoms with Crippen molar-refractivity contribution >= 4 is 20.9 Å². The van der Waals surface area contributed by atoms with Gasteiger partial charge in [0.1, 0.15) is 0 Å². The predicted molar refractivity (Wildman–Crippen MR) is 70.4 cm³/mol. The van der Waals surface area contributed by atoms with Gasteiger partial charge in [0.05, 0.1) is 12.0 Å². The molecule has 0 radical (unpaired) electrons. The maximum Gasteiger partial charge on any atom is 0.338 e. The van der Waals surface area contributed by atoms with Gasteiger partial charge in [-0.25, -0.2) is 4.79 Å². The molecule has 0 fully saturated rings. The van der Waals surface area contributed by atoms with E-state index in [0.29, 0.717) is 6.61 Å². The van der Waals surface area contributed by atoms with Gasteiger partial charge in [-0.3, -0.25) is 4.21 Å². The molecule has 0 aliphatic carbocycles. The fourth-order valence-electron chi connectivity index (χ4n) is 1.32. The molecule has 0 atom stereocenters. The average molecular weight is 248 g/mol. The second-order valence-electron chi connectivity index (χ2n) is 4.36. The summed E-state index contributed by atoms with van der Waals surface area (Å²) in [6, 6.07) is 0. The third-order valence-electron chi connectivity index (χ3n) is 2.12. The van der Waals surface area contributed by atoms with Crippen LogP contribution in [-0.2, 0) is 19.1 Å². The van der Waals surface area contributed by atoms with E-state index in [0.717, 1.165) is 12.8 Å². The van der Waals surface area contributed by atoms with Gasteiger partial charge >= 0.3 is 5.97 Å². The van der Waals surface area contributed by atoms with Gasteiger partial charge in [-0.05, 0) is 15.9 Å². The molecule has 0 aliphatic heterocycles. The minimum Gasteiger partial charge on any atom is -0.462 e. The third kappa shape index (κ3) is 11.6. The van der Waals surface area contributed by atoms with Crippen LogP contribution in [0.3, 0.4) is 0 Å². The fraction of sp³-hybridized carbons (Fsp3) is 0.833. The topological polar surface area (TPSA) is 43.4 Å². The van der Waals surface area contributed by atoms with Crippen molar-refractivity contribution in [3.63, 3.8) is 0 Å². The summed E-state index contributed by atoms with van der Waals surface area (Å²) < 4.78 is 16.2. The van der Waals surface area contributed by atoms with E-state index in [-0.39, 0.29) is 0 Å². The Morgan fingerprint density at radius 1 is 1.12 bits per heavy atom. The van der Waals surface area contributed by atoms with Crippen LogP contribution < -0.4 is 0 Å². The first kappa shape index (κ1) is 15.5. The summed E-state index contributed by atoms with van der Waals surface area (Å²) in [5.74, 6) is -0.455. The number of rotatable bonds is 8. The highest BCUT2D eigenvalue weighted by Crippen LogP contribution is 2.04. The lowest BCUT2D eigenvalue weighted by molar-refractivity contribution is -0.134. The van der Waals surface area contributed by atoms with E-state index in [1.807, 2.05) is 0 Å². The highest BCUT2D eigenvalue weighted by Gasteiger charge is 2.00. The molecule has 0 unspecified atom stereocenters. The summed E-state index contributed by atoms with van der Waals surface area (Å²) in [4.78, 5) is 11.1. The Morgan fingerprint density at radius 2 is 1.69 bits per heavy atom. The molecule has 0 aliphatic rings. The molecule has 0 aromatic rings. The summed E-state index contributed by atoms with van der Waals surface area (Å²) in [6.45, 7) is 2.63. The van der Waals surface area contributed by atoms with E-state index in [9.17, 15) is 9.00 Å². The van der Waals surface area contributed by atoms with Crippen LogP contribution in [-0.4, -0.2) is 34.7 Å². The quantitative estimate of drug-likeness (QED) is 0.376. The van der Waals surface area contributed by atoms with E-state index in [4.69, 9.17) is 4.74 Å². The van der Waals surface area contributed by atoms with Crippen LogP contribution in [0.4, 0.5) is 0 Å². The minimum absolute atomic E-state index is 0.441. The molecular formula is C12H24O3S. The van der Waals surface area contributed by atoms with Crippen molar-refractivity contribution in [2.24, 2.45) is 0 Å². The largest absolute Gasteiger partial charge is 0.462 e. The molecule has 0 bridgehead atoms. The standard InChI is InChI=1S/C12H24O3S/c1-4-5-6-7-8-9-10-15-12(13)11-16(2,3)14/h11H,4-10H2,1-3H3. The first-order valence-corrected chi connectivity index (χ1v) is 8.35. The molecule has 0 saturated carbocycles. The van der Waals surface area contributed by atoms with Gasteiger partial charge in [-0.1, -0.05) is 39.0 Å². The van der Waals surface area contributed by atoms with Gasteiger partial charge in [0, 0.05) is 12.5 Å². The first-order valence-electron chi connectivity index (χ1n) is 5.91. The zero-order valence-electron chi connectivity index (χ0n) is 10.7. The van der Waals surface area contributed by atoms with E-state index in [1.165, 1.54) is 43.6 Å². The summed E-state index contributed by atoms with van der Waals surface area (Å²) >= 11 is 0. The van der Waals surface area contributed by atoms with Gasteiger partial charge in [0.2, 0.25) is 0 Å². The molecule has 96 valence electrons. The Kier molecular flexibility index (Phi) is 8.35. The van der Waals surface area contributed by atoms with Gasteiger partial charge in [-0.2, -0.15) is 0 Å². The van der Waals surface area contributed by atoms with Crippen molar-refractivity contribution in [2.45, 2.75) is 45.4 Å². The first-order chi connectivity index (χ1) is 7.45. The Balaban J connectivity index is 3.46. The van der Waals surface area contributed by atoms with Crippen LogP contribution in [0, 0.1) is 0 Å². The predicted octanol–water partition coefficient (Wildman–Crippen LogP) is 2.24. The van der Waals surface area contributed by atoms with Gasteiger partial charge in [-0.15, -0.1) is 0 Å². The average Bonchev–Trinajstić information content (AvgIpc) is 2.13. The summed E-state index contributed by atoms with van der Waals surface area (Å²) in [7, 11) is -2.13. The van der Waals surface area contributed by atoms with Crippen molar-refractivity contribution in [2.75, 3.05) is 19.1 Å². The number of hydrogen-bond donors (Lipinski definition) is 0. The Labute approximate surface area is 99.6 Å². The summed E-state index contributed by atoms with van der Waals surface area (Å²) in [5.41, 5.74) is 0. The van der Waals surface area contributed by atoms with Crippen LogP contribution in [0.1, 0.15) is 45.4 Å². The fourth-order valence-corrected chi connectivity index (χ4v) is 1.85. The molecule has 3 nitrogen and oxygen atoms in total. The van der Waals surface area contributed by atoms with Crippen molar-refractivity contribution in [3.8, 4) is 0 Å². The van der Waals surface area contributed by atoms with E-state index >= 15 is 0 Å². The normalized spacial score (nSPS) is 11.2. The van der Waals surface area contributed by atoms with Gasteiger partial charge in [0.25, 0.3) is 0 Å². The van der Waals surface area contributed by atoms with Crippen molar-refractivity contribution in [1.82, 2.24) is 0 Å². The Bertz CT molecular complexity index is 293. The second kappa shape index (κ2) is 8.62. The zero-order chi connectivity index (χ0) is 12.4. The number of unbranched alkanes of at least 4 members (excludes halogenated alkanes) is 5. The SMILES string of the molecule is CCCCCCCCOC(=O)C=S(C)(C)=O. The monoisotopic (exact) mass is 248 g/mol. The Hall–Kier alpha value is -0.510. The lowest BCUT2D eigenvalue weighted by atomic mass is 10.1. The van der Waals surface area contributed by atoms with E-state index in [2.05, 4.69) is 6.92 Å². The molecule has 0 aromatic carbocycles. The molecule has 0 aromatic heterocycles. The third-order valence-corrected chi connectivity index (χ3v) is 2.88. The van der Waals surface area contributed by atoms with Crippen molar-refractivity contribution in [1.29, 1.82) is 0 Å². The van der Waals surface area contributed by atoms with Crippen LogP contribution in [0.2, 0.25) is 0 Å². The van der Waals surface area contributed by atoms with Crippen LogP contribution in [0.5, 0.6) is 0 Å². The molecular weight excluding hydrogens is 224 g/mol. The second-order valence-corrected chi connectivity index (χ2v) is 7.22. The van der Waals surface area contributed by atoms with Crippen LogP contribution >= 0.6 is 0 Å². The molecule has 0 N–H and O–H groups in total. The lowest BCUT2D eigenvalue weighted by Crippen LogP contribution is -2.12. The number of esters is 1. The molecule has 0 spiro atoms. The molecule has 0 heterocycles. The zero-order valence-corrected chi connectivity index (χ0v) is 11.5. The maximum atomic E-state index is 11.2. The van der Waals surface area contributed by atoms with Crippen molar-refractivity contribution in [3.05, 3.63) is 0 Å². The highest BCUT2D eigenvalue weighted by molar-refractivity contribution is 8.01. The molecule has 16 heavy (non-hydrogen) atoms. The minimum atomic E-state index is -2.13. The molecule has 0 amide bonds. The number of carbonyl (C=O) groups is 1.